The van der Waals surface area contributed by atoms with Gasteiger partial charge in [0, 0.05) is 24.3 Å². The SMILES string of the molecule is CC(=O)Nc1ccc(C(=O)NC(=CC(=O)NN)c2ccccc2)cc1. The van der Waals surface area contributed by atoms with Crippen LogP contribution in [0, 0.1) is 0 Å². The Bertz CT molecular complexity index is 799. The molecule has 2 rings (SSSR count). The highest BCUT2D eigenvalue weighted by molar-refractivity contribution is 6.03. The number of carbonyl (C=O) groups excluding carboxylic acids is 3. The standard InChI is InChI=1S/C18H18N4O3/c1-12(23)20-15-9-7-14(8-10-15)18(25)21-16(11-17(24)22-19)13-5-3-2-4-6-13/h2-11H,19H2,1H3,(H,20,23)(H,21,25)(H,22,24). The maximum absolute atomic E-state index is 12.4. The van der Waals surface area contributed by atoms with Crippen molar-refractivity contribution in [2.75, 3.05) is 5.32 Å². The zero-order chi connectivity index (χ0) is 18.2. The summed E-state index contributed by atoms with van der Waals surface area (Å²) in [4.78, 5) is 35.0. The topological polar surface area (TPSA) is 113 Å². The summed E-state index contributed by atoms with van der Waals surface area (Å²) in [6, 6.07) is 15.3. The van der Waals surface area contributed by atoms with E-state index in [1.54, 1.807) is 48.5 Å². The van der Waals surface area contributed by atoms with Crippen LogP contribution in [0.15, 0.2) is 60.7 Å². The molecule has 0 aliphatic heterocycles. The number of hydrogen-bond donors (Lipinski definition) is 4. The number of rotatable bonds is 5. The van der Waals surface area contributed by atoms with Gasteiger partial charge in [-0.05, 0) is 29.8 Å². The van der Waals surface area contributed by atoms with E-state index in [4.69, 9.17) is 5.84 Å². The Hall–Kier alpha value is -3.45. The van der Waals surface area contributed by atoms with E-state index in [2.05, 4.69) is 10.6 Å². The van der Waals surface area contributed by atoms with Gasteiger partial charge in [0.05, 0.1) is 5.70 Å². The Kier molecular flexibility index (Phi) is 6.02. The van der Waals surface area contributed by atoms with Crippen LogP contribution in [0.1, 0.15) is 22.8 Å². The molecule has 0 fully saturated rings. The minimum absolute atomic E-state index is 0.195. The van der Waals surface area contributed by atoms with Gasteiger partial charge in [-0.15, -0.1) is 0 Å². The van der Waals surface area contributed by atoms with E-state index in [1.807, 2.05) is 11.5 Å². The molecule has 3 amide bonds. The van der Waals surface area contributed by atoms with Crippen molar-refractivity contribution in [3.05, 3.63) is 71.8 Å². The fourth-order valence-corrected chi connectivity index (χ4v) is 2.08. The molecular formula is C18H18N4O3. The fraction of sp³-hybridized carbons (Fsp3) is 0.0556. The number of amides is 3. The molecule has 0 spiro atoms. The molecule has 25 heavy (non-hydrogen) atoms. The zero-order valence-electron chi connectivity index (χ0n) is 13.6. The van der Waals surface area contributed by atoms with Crippen LogP contribution in [0.25, 0.3) is 5.70 Å². The first-order valence-corrected chi connectivity index (χ1v) is 7.46. The van der Waals surface area contributed by atoms with E-state index in [-0.39, 0.29) is 5.91 Å². The minimum Gasteiger partial charge on any atom is -0.326 e. The van der Waals surface area contributed by atoms with Crippen LogP contribution in [-0.4, -0.2) is 17.7 Å². The van der Waals surface area contributed by atoms with Crippen LogP contribution in [-0.2, 0) is 9.59 Å². The van der Waals surface area contributed by atoms with E-state index in [9.17, 15) is 14.4 Å². The van der Waals surface area contributed by atoms with E-state index >= 15 is 0 Å². The quantitative estimate of drug-likeness (QED) is 0.286. The molecule has 0 saturated carbocycles. The van der Waals surface area contributed by atoms with Gasteiger partial charge in [-0.3, -0.25) is 19.8 Å². The number of hydrogen-bond acceptors (Lipinski definition) is 4. The smallest absolute Gasteiger partial charge is 0.259 e. The van der Waals surface area contributed by atoms with E-state index in [1.165, 1.54) is 13.0 Å². The minimum atomic E-state index is -0.542. The third-order valence-electron chi connectivity index (χ3n) is 3.22. The summed E-state index contributed by atoms with van der Waals surface area (Å²) in [7, 11) is 0. The highest BCUT2D eigenvalue weighted by atomic mass is 16.2. The van der Waals surface area contributed by atoms with Crippen LogP contribution >= 0.6 is 0 Å². The van der Waals surface area contributed by atoms with Crippen molar-refractivity contribution in [1.82, 2.24) is 10.7 Å². The van der Waals surface area contributed by atoms with E-state index in [0.717, 1.165) is 0 Å². The number of carbonyl (C=O) groups is 3. The van der Waals surface area contributed by atoms with Gasteiger partial charge in [-0.25, -0.2) is 5.84 Å². The number of nitrogens with two attached hydrogens (primary N) is 1. The second-order valence-corrected chi connectivity index (χ2v) is 5.15. The number of nitrogens with one attached hydrogen (secondary N) is 3. The van der Waals surface area contributed by atoms with Gasteiger partial charge in [0.25, 0.3) is 11.8 Å². The lowest BCUT2D eigenvalue weighted by molar-refractivity contribution is -0.116. The summed E-state index contributed by atoms with van der Waals surface area (Å²) in [5, 5.41) is 5.32. The summed E-state index contributed by atoms with van der Waals surface area (Å²) in [6.45, 7) is 1.40. The van der Waals surface area contributed by atoms with Crippen LogP contribution in [0.3, 0.4) is 0 Å². The number of anilines is 1. The second-order valence-electron chi connectivity index (χ2n) is 5.15. The Balaban J connectivity index is 2.21. The molecule has 0 aliphatic carbocycles. The summed E-state index contributed by atoms with van der Waals surface area (Å²) < 4.78 is 0. The lowest BCUT2D eigenvalue weighted by Crippen LogP contribution is -2.30. The normalized spacial score (nSPS) is 10.7. The molecule has 7 heteroatoms. The summed E-state index contributed by atoms with van der Waals surface area (Å²) in [6.07, 6.45) is 1.21. The van der Waals surface area contributed by atoms with Crippen LogP contribution in [0.4, 0.5) is 5.69 Å². The molecule has 2 aromatic rings. The Morgan fingerprint density at radius 1 is 0.920 bits per heavy atom. The first-order valence-electron chi connectivity index (χ1n) is 7.46. The molecule has 0 aliphatic rings. The van der Waals surface area contributed by atoms with Gasteiger partial charge < -0.3 is 10.6 Å². The molecule has 0 bridgehead atoms. The molecule has 0 radical (unpaired) electrons. The Morgan fingerprint density at radius 3 is 2.12 bits per heavy atom. The Labute approximate surface area is 144 Å². The average molecular weight is 338 g/mol. The average Bonchev–Trinajstić information content (AvgIpc) is 2.61. The van der Waals surface area contributed by atoms with Gasteiger partial charge in [0.1, 0.15) is 0 Å². The van der Waals surface area contributed by atoms with Crippen molar-refractivity contribution in [2.45, 2.75) is 6.92 Å². The molecule has 128 valence electrons. The molecule has 0 atom stereocenters. The maximum Gasteiger partial charge on any atom is 0.259 e. The van der Waals surface area contributed by atoms with Crippen molar-refractivity contribution in [3.63, 3.8) is 0 Å². The van der Waals surface area contributed by atoms with Crippen LogP contribution < -0.4 is 21.9 Å². The van der Waals surface area contributed by atoms with Crippen molar-refractivity contribution in [2.24, 2.45) is 5.84 Å². The lowest BCUT2D eigenvalue weighted by atomic mass is 10.1. The zero-order valence-corrected chi connectivity index (χ0v) is 13.6. The van der Waals surface area contributed by atoms with Crippen LogP contribution in [0.2, 0.25) is 0 Å². The molecule has 7 nitrogen and oxygen atoms in total. The lowest BCUT2D eigenvalue weighted by Gasteiger charge is -2.11. The van der Waals surface area contributed by atoms with Gasteiger partial charge in [0.2, 0.25) is 5.91 Å². The Morgan fingerprint density at radius 2 is 1.56 bits per heavy atom. The molecule has 0 saturated heterocycles. The van der Waals surface area contributed by atoms with Crippen molar-refractivity contribution in [1.29, 1.82) is 0 Å². The molecule has 2 aromatic carbocycles. The van der Waals surface area contributed by atoms with E-state index < -0.39 is 11.8 Å². The number of hydrazine groups is 1. The predicted molar refractivity (Wildman–Crippen MR) is 95.0 cm³/mol. The predicted octanol–water partition coefficient (Wildman–Crippen LogP) is 1.41. The summed E-state index contributed by atoms with van der Waals surface area (Å²) in [5.41, 5.74) is 3.94. The van der Waals surface area contributed by atoms with Gasteiger partial charge >= 0.3 is 0 Å². The van der Waals surface area contributed by atoms with Gasteiger partial charge in [0.15, 0.2) is 0 Å². The van der Waals surface area contributed by atoms with Crippen molar-refractivity contribution < 1.29 is 14.4 Å². The number of benzene rings is 2. The molecule has 0 aromatic heterocycles. The fourth-order valence-electron chi connectivity index (χ4n) is 2.08. The monoisotopic (exact) mass is 338 g/mol. The molecular weight excluding hydrogens is 320 g/mol. The first-order chi connectivity index (χ1) is 12.0. The maximum atomic E-state index is 12.4. The highest BCUT2D eigenvalue weighted by Crippen LogP contribution is 2.14. The molecule has 5 N–H and O–H groups in total. The third kappa shape index (κ3) is 5.29. The highest BCUT2D eigenvalue weighted by Gasteiger charge is 2.11. The van der Waals surface area contributed by atoms with Gasteiger partial charge in [-0.2, -0.15) is 0 Å². The van der Waals surface area contributed by atoms with Gasteiger partial charge in [-0.1, -0.05) is 30.3 Å². The largest absolute Gasteiger partial charge is 0.326 e. The second kappa shape index (κ2) is 8.42. The third-order valence-corrected chi connectivity index (χ3v) is 3.22. The summed E-state index contributed by atoms with van der Waals surface area (Å²) in [5.74, 6) is 3.97. The van der Waals surface area contributed by atoms with Crippen molar-refractivity contribution >= 4 is 29.1 Å². The van der Waals surface area contributed by atoms with Crippen LogP contribution in [0.5, 0.6) is 0 Å². The summed E-state index contributed by atoms with van der Waals surface area (Å²) >= 11 is 0. The molecule has 0 heterocycles. The first kappa shape index (κ1) is 17.9. The molecule has 0 unspecified atom stereocenters. The van der Waals surface area contributed by atoms with E-state index in [0.29, 0.717) is 22.5 Å². The van der Waals surface area contributed by atoms with Crippen molar-refractivity contribution in [3.8, 4) is 0 Å².